The fraction of sp³-hybridized carbons (Fsp3) is 0.0556. The largest absolute Gasteiger partial charge is 0.265 e. The van der Waals surface area contributed by atoms with Gasteiger partial charge in [-0.15, -0.1) is 0 Å². The molecule has 2 heterocycles. The van der Waals surface area contributed by atoms with E-state index in [1.807, 2.05) is 43.5 Å². The Morgan fingerprint density at radius 2 is 1.82 bits per heavy atom. The van der Waals surface area contributed by atoms with Crippen molar-refractivity contribution in [1.29, 1.82) is 5.26 Å². The van der Waals surface area contributed by atoms with Crippen molar-refractivity contribution in [1.82, 2.24) is 14.8 Å². The molecule has 104 valence electrons. The normalized spacial score (nSPS) is 9.64. The number of rotatable bonds is 1. The predicted molar refractivity (Wildman–Crippen MR) is 83.2 cm³/mol. The third-order valence-electron chi connectivity index (χ3n) is 3.06. The second-order valence-corrected chi connectivity index (χ2v) is 4.80. The van der Waals surface area contributed by atoms with Crippen molar-refractivity contribution >= 4 is 0 Å². The molecule has 0 saturated carbocycles. The molecule has 0 amide bonds. The molecular weight excluding hydrogens is 272 g/mol. The summed E-state index contributed by atoms with van der Waals surface area (Å²) in [6.07, 6.45) is 5.25. The Kier molecular flexibility index (Phi) is 3.68. The summed E-state index contributed by atoms with van der Waals surface area (Å²) in [4.78, 5) is 3.95. The number of nitrogens with zero attached hydrogens (tertiary/aromatic N) is 4. The summed E-state index contributed by atoms with van der Waals surface area (Å²) in [6.45, 7) is 1.96. The minimum Gasteiger partial charge on any atom is -0.265 e. The van der Waals surface area contributed by atoms with E-state index in [0.717, 1.165) is 16.8 Å². The van der Waals surface area contributed by atoms with Gasteiger partial charge in [-0.3, -0.25) is 4.98 Å². The van der Waals surface area contributed by atoms with Crippen molar-refractivity contribution in [3.8, 4) is 23.6 Å². The van der Waals surface area contributed by atoms with Gasteiger partial charge >= 0.3 is 0 Å². The Bertz CT molecular complexity index is 905. The van der Waals surface area contributed by atoms with Crippen LogP contribution in [0.1, 0.15) is 22.4 Å². The van der Waals surface area contributed by atoms with Gasteiger partial charge in [0.05, 0.1) is 17.3 Å². The predicted octanol–water partition coefficient (Wildman–Crippen LogP) is 2.85. The molecular formula is C18H12N4. The highest BCUT2D eigenvalue weighted by Crippen LogP contribution is 2.13. The summed E-state index contributed by atoms with van der Waals surface area (Å²) in [5.41, 5.74) is 4.07. The summed E-state index contributed by atoms with van der Waals surface area (Å²) < 4.78 is 1.73. The Balaban J connectivity index is 1.90. The highest BCUT2D eigenvalue weighted by atomic mass is 15.3. The molecule has 0 spiro atoms. The third kappa shape index (κ3) is 3.03. The van der Waals surface area contributed by atoms with E-state index >= 15 is 0 Å². The second-order valence-electron chi connectivity index (χ2n) is 4.80. The average molecular weight is 284 g/mol. The van der Waals surface area contributed by atoms with Gasteiger partial charge in [0, 0.05) is 24.2 Å². The smallest absolute Gasteiger partial charge is 0.136 e. The maximum Gasteiger partial charge on any atom is 0.136 e. The monoisotopic (exact) mass is 284 g/mol. The average Bonchev–Trinajstić information content (AvgIpc) is 3.02. The zero-order valence-electron chi connectivity index (χ0n) is 12.0. The first-order valence-electron chi connectivity index (χ1n) is 6.74. The van der Waals surface area contributed by atoms with Crippen LogP contribution in [0.15, 0.2) is 55.0 Å². The number of hydrogen-bond acceptors (Lipinski definition) is 3. The summed E-state index contributed by atoms with van der Waals surface area (Å²) >= 11 is 0. The van der Waals surface area contributed by atoms with Crippen molar-refractivity contribution in [2.75, 3.05) is 0 Å². The van der Waals surface area contributed by atoms with Crippen molar-refractivity contribution in [3.63, 3.8) is 0 Å². The molecule has 3 rings (SSSR count). The maximum atomic E-state index is 9.04. The highest BCUT2D eigenvalue weighted by molar-refractivity contribution is 5.45. The van der Waals surface area contributed by atoms with Crippen molar-refractivity contribution < 1.29 is 0 Å². The molecule has 0 saturated heterocycles. The lowest BCUT2D eigenvalue weighted by Crippen LogP contribution is -1.96. The minimum absolute atomic E-state index is 0.620. The van der Waals surface area contributed by atoms with Crippen molar-refractivity contribution in [2.24, 2.45) is 0 Å². The van der Waals surface area contributed by atoms with Crippen LogP contribution in [0.25, 0.3) is 5.69 Å². The lowest BCUT2D eigenvalue weighted by Gasteiger charge is -2.03. The number of aromatic nitrogens is 3. The van der Waals surface area contributed by atoms with Crippen molar-refractivity contribution in [2.45, 2.75) is 6.92 Å². The summed E-state index contributed by atoms with van der Waals surface area (Å²) in [7, 11) is 0. The fourth-order valence-electron chi connectivity index (χ4n) is 2.07. The Labute approximate surface area is 128 Å². The molecule has 1 aromatic carbocycles. The molecule has 0 radical (unpaired) electrons. The topological polar surface area (TPSA) is 54.5 Å². The molecule has 4 nitrogen and oxygen atoms in total. The lowest BCUT2D eigenvalue weighted by atomic mass is 10.1. The number of pyridine rings is 1. The number of nitriles is 1. The van der Waals surface area contributed by atoms with Crippen LogP contribution in [0.2, 0.25) is 0 Å². The second kappa shape index (κ2) is 5.95. The van der Waals surface area contributed by atoms with E-state index in [1.165, 1.54) is 0 Å². The van der Waals surface area contributed by atoms with E-state index in [-0.39, 0.29) is 0 Å². The number of hydrogen-bond donors (Lipinski definition) is 0. The molecule has 0 aliphatic heterocycles. The first kappa shape index (κ1) is 13.6. The quantitative estimate of drug-likeness (QED) is 0.646. The first-order chi connectivity index (χ1) is 10.7. The van der Waals surface area contributed by atoms with Crippen LogP contribution in [0.5, 0.6) is 0 Å². The Hall–Kier alpha value is -3.37. The van der Waals surface area contributed by atoms with E-state index in [9.17, 15) is 0 Å². The molecule has 22 heavy (non-hydrogen) atoms. The SMILES string of the molecule is Cc1cc(C#N)cc(-n2ccc(C#Cc3ccncc3)n2)c1. The molecule has 0 unspecified atom stereocenters. The molecule has 0 N–H and O–H groups in total. The highest BCUT2D eigenvalue weighted by Gasteiger charge is 2.02. The van der Waals surface area contributed by atoms with Gasteiger partial charge in [-0.25, -0.2) is 4.68 Å². The number of benzene rings is 1. The summed E-state index contributed by atoms with van der Waals surface area (Å²) in [5.74, 6) is 6.06. The van der Waals surface area contributed by atoms with Crippen LogP contribution in [0, 0.1) is 30.1 Å². The zero-order valence-corrected chi connectivity index (χ0v) is 12.0. The molecule has 0 aliphatic carbocycles. The van der Waals surface area contributed by atoms with E-state index in [4.69, 9.17) is 5.26 Å². The van der Waals surface area contributed by atoms with Gasteiger partial charge < -0.3 is 0 Å². The van der Waals surface area contributed by atoms with Gasteiger partial charge in [-0.1, -0.05) is 5.92 Å². The van der Waals surface area contributed by atoms with Crippen LogP contribution in [0.4, 0.5) is 0 Å². The van der Waals surface area contributed by atoms with Crippen molar-refractivity contribution in [3.05, 3.63) is 77.4 Å². The molecule has 4 heteroatoms. The molecule has 0 atom stereocenters. The maximum absolute atomic E-state index is 9.04. The molecule has 2 aromatic heterocycles. The molecule has 0 aliphatic rings. The van der Waals surface area contributed by atoms with Gasteiger partial charge in [-0.2, -0.15) is 10.4 Å². The van der Waals surface area contributed by atoms with Crippen LogP contribution in [-0.4, -0.2) is 14.8 Å². The molecule has 3 aromatic rings. The lowest BCUT2D eigenvalue weighted by molar-refractivity contribution is 0.872. The fourth-order valence-corrected chi connectivity index (χ4v) is 2.07. The standard InChI is InChI=1S/C18H12N4/c1-14-10-16(13-19)12-18(11-14)22-9-6-17(21-22)3-2-15-4-7-20-8-5-15/h4-12H,1H3. The molecule has 0 fully saturated rings. The summed E-state index contributed by atoms with van der Waals surface area (Å²) in [5, 5.41) is 13.5. The minimum atomic E-state index is 0.620. The van der Waals surface area contributed by atoms with Gasteiger partial charge in [-0.05, 0) is 54.8 Å². The Morgan fingerprint density at radius 3 is 2.59 bits per heavy atom. The van der Waals surface area contributed by atoms with Gasteiger partial charge in [0.15, 0.2) is 0 Å². The van der Waals surface area contributed by atoms with Crippen LogP contribution < -0.4 is 0 Å². The number of aryl methyl sites for hydroxylation is 1. The van der Waals surface area contributed by atoms with Gasteiger partial charge in [0.1, 0.15) is 5.69 Å². The van der Waals surface area contributed by atoms with Crippen LogP contribution >= 0.6 is 0 Å². The van der Waals surface area contributed by atoms with E-state index in [2.05, 4.69) is 28.0 Å². The van der Waals surface area contributed by atoms with Gasteiger partial charge in [0.2, 0.25) is 0 Å². The molecule has 0 bridgehead atoms. The van der Waals surface area contributed by atoms with Gasteiger partial charge in [0.25, 0.3) is 0 Å². The third-order valence-corrected chi connectivity index (χ3v) is 3.06. The Morgan fingerprint density at radius 1 is 1.00 bits per heavy atom. The van der Waals surface area contributed by atoms with E-state index in [1.54, 1.807) is 23.1 Å². The van der Waals surface area contributed by atoms with E-state index < -0.39 is 0 Å². The van der Waals surface area contributed by atoms with Crippen LogP contribution in [-0.2, 0) is 0 Å². The first-order valence-corrected chi connectivity index (χ1v) is 6.74. The zero-order chi connectivity index (χ0) is 15.4. The van der Waals surface area contributed by atoms with Crippen LogP contribution in [0.3, 0.4) is 0 Å². The van der Waals surface area contributed by atoms with E-state index in [0.29, 0.717) is 11.3 Å². The summed E-state index contributed by atoms with van der Waals surface area (Å²) in [6, 6.07) is 13.3.